The molecular formula is C18H21ClF2N2O3. The van der Waals surface area contributed by atoms with Crippen LogP contribution in [0.25, 0.3) is 0 Å². The van der Waals surface area contributed by atoms with E-state index < -0.39 is 12.0 Å². The van der Waals surface area contributed by atoms with E-state index in [1.807, 2.05) is 0 Å². The minimum absolute atomic E-state index is 0.0185. The Morgan fingerprint density at radius 1 is 1.27 bits per heavy atom. The van der Waals surface area contributed by atoms with E-state index >= 15 is 0 Å². The summed E-state index contributed by atoms with van der Waals surface area (Å²) in [6.07, 6.45) is 5.25. The van der Waals surface area contributed by atoms with Crippen molar-refractivity contribution in [1.82, 2.24) is 5.32 Å². The molecule has 0 heterocycles. The number of hydrogen-bond donors (Lipinski definition) is 2. The summed E-state index contributed by atoms with van der Waals surface area (Å²) in [6.45, 7) is -2.97. The first-order valence-electron chi connectivity index (χ1n) is 8.73. The molecular weight excluding hydrogens is 366 g/mol. The molecule has 0 bridgehead atoms. The first kappa shape index (κ1) is 18.9. The van der Waals surface area contributed by atoms with Crippen LogP contribution in [0.3, 0.4) is 0 Å². The molecule has 2 saturated carbocycles. The van der Waals surface area contributed by atoms with E-state index in [0.29, 0.717) is 18.5 Å². The van der Waals surface area contributed by atoms with Gasteiger partial charge in [0.05, 0.1) is 10.4 Å². The van der Waals surface area contributed by atoms with Crippen molar-refractivity contribution in [2.24, 2.45) is 5.41 Å². The van der Waals surface area contributed by atoms with Crippen LogP contribution in [0.2, 0.25) is 5.02 Å². The third kappa shape index (κ3) is 4.63. The van der Waals surface area contributed by atoms with Crippen LogP contribution >= 0.6 is 11.6 Å². The highest BCUT2D eigenvalue weighted by Crippen LogP contribution is 2.42. The largest absolute Gasteiger partial charge is 0.433 e. The number of anilines is 1. The first-order chi connectivity index (χ1) is 12.4. The summed E-state index contributed by atoms with van der Waals surface area (Å²) in [5.74, 6) is -0.484. The van der Waals surface area contributed by atoms with E-state index in [1.165, 1.54) is 18.2 Å². The number of carbonyl (C=O) groups is 2. The number of halogens is 3. The molecule has 142 valence electrons. The van der Waals surface area contributed by atoms with E-state index in [0.717, 1.165) is 25.7 Å². The molecule has 0 unspecified atom stereocenters. The van der Waals surface area contributed by atoms with Gasteiger partial charge < -0.3 is 15.4 Å². The molecule has 2 fully saturated rings. The summed E-state index contributed by atoms with van der Waals surface area (Å²) < 4.78 is 28.9. The van der Waals surface area contributed by atoms with Crippen LogP contribution in [0, 0.1) is 5.41 Å². The third-order valence-corrected chi connectivity index (χ3v) is 5.18. The molecule has 8 heteroatoms. The number of benzene rings is 1. The topological polar surface area (TPSA) is 67.4 Å². The van der Waals surface area contributed by atoms with Crippen LogP contribution in [0.15, 0.2) is 18.2 Å². The lowest BCUT2D eigenvalue weighted by atomic mass is 9.81. The van der Waals surface area contributed by atoms with Crippen molar-refractivity contribution < 1.29 is 23.1 Å². The summed E-state index contributed by atoms with van der Waals surface area (Å²) in [5, 5.41) is 5.69. The third-order valence-electron chi connectivity index (χ3n) is 4.89. The minimum atomic E-state index is -2.97. The van der Waals surface area contributed by atoms with E-state index in [2.05, 4.69) is 15.4 Å². The molecule has 0 aromatic heterocycles. The molecule has 0 saturated heterocycles. The minimum Gasteiger partial charge on any atom is -0.433 e. The number of ether oxygens (including phenoxy) is 1. The maximum absolute atomic E-state index is 12.9. The Bertz CT molecular complexity index is 689. The highest BCUT2D eigenvalue weighted by molar-refractivity contribution is 6.32. The first-order valence-corrected chi connectivity index (χ1v) is 9.11. The molecule has 5 nitrogen and oxygen atoms in total. The Morgan fingerprint density at radius 2 is 1.96 bits per heavy atom. The van der Waals surface area contributed by atoms with Gasteiger partial charge in [-0.15, -0.1) is 0 Å². The summed E-state index contributed by atoms with van der Waals surface area (Å²) >= 11 is 5.93. The van der Waals surface area contributed by atoms with Crippen molar-refractivity contribution in [1.29, 1.82) is 0 Å². The molecule has 0 spiro atoms. The lowest BCUT2D eigenvalue weighted by Gasteiger charge is -2.27. The van der Waals surface area contributed by atoms with E-state index in [-0.39, 0.29) is 35.0 Å². The number of carbonyl (C=O) groups excluding carboxylic acids is 2. The van der Waals surface area contributed by atoms with E-state index in [4.69, 9.17) is 11.6 Å². The maximum atomic E-state index is 12.9. The van der Waals surface area contributed by atoms with Gasteiger partial charge in [-0.05, 0) is 43.9 Å². The molecule has 1 aromatic rings. The molecule has 2 aliphatic carbocycles. The number of amides is 2. The van der Waals surface area contributed by atoms with Crippen LogP contribution in [-0.2, 0) is 9.59 Å². The fraction of sp³-hybridized carbons (Fsp3) is 0.556. The standard InChI is InChI=1S/C18H21ClF2N2O3/c19-13-9-12(5-6-14(13)26-17(20)21)23-16(25)18(7-1-2-8-18)10-15(24)22-11-3-4-11/h5-6,9,11,17H,1-4,7-8,10H2,(H,22,24)(H,23,25). The van der Waals surface area contributed by atoms with Gasteiger partial charge in [0.1, 0.15) is 5.75 Å². The normalized spacial score (nSPS) is 18.6. The Kier molecular flexibility index (Phi) is 5.65. The molecule has 0 aliphatic heterocycles. The molecule has 0 radical (unpaired) electrons. The van der Waals surface area contributed by atoms with Gasteiger partial charge in [-0.3, -0.25) is 9.59 Å². The van der Waals surface area contributed by atoms with Gasteiger partial charge in [-0.2, -0.15) is 8.78 Å². The van der Waals surface area contributed by atoms with Crippen molar-refractivity contribution in [2.75, 3.05) is 5.32 Å². The second-order valence-corrected chi connectivity index (χ2v) is 7.39. The van der Waals surface area contributed by atoms with Gasteiger partial charge in [-0.1, -0.05) is 24.4 Å². The Labute approximate surface area is 155 Å². The van der Waals surface area contributed by atoms with Gasteiger partial charge in [0.25, 0.3) is 0 Å². The quantitative estimate of drug-likeness (QED) is 0.741. The summed E-state index contributed by atoms with van der Waals surface area (Å²) in [6, 6.07) is 4.36. The van der Waals surface area contributed by atoms with Crippen molar-refractivity contribution in [2.45, 2.75) is 57.6 Å². The second kappa shape index (κ2) is 7.78. The lowest BCUT2D eigenvalue weighted by Crippen LogP contribution is -2.39. The van der Waals surface area contributed by atoms with Crippen LogP contribution in [0.1, 0.15) is 44.9 Å². The fourth-order valence-corrected chi connectivity index (χ4v) is 3.61. The molecule has 0 atom stereocenters. The molecule has 2 amide bonds. The zero-order chi connectivity index (χ0) is 18.7. The van der Waals surface area contributed by atoms with Gasteiger partial charge in [-0.25, -0.2) is 0 Å². The van der Waals surface area contributed by atoms with Crippen molar-refractivity contribution in [3.8, 4) is 5.75 Å². The predicted molar refractivity (Wildman–Crippen MR) is 93.4 cm³/mol. The second-order valence-electron chi connectivity index (χ2n) is 6.98. The SMILES string of the molecule is O=C(CC1(C(=O)Nc2ccc(OC(F)F)c(Cl)c2)CCCC1)NC1CC1. The number of hydrogen-bond acceptors (Lipinski definition) is 3. The Morgan fingerprint density at radius 3 is 2.54 bits per heavy atom. The van der Waals surface area contributed by atoms with Crippen molar-refractivity contribution >= 4 is 29.1 Å². The predicted octanol–water partition coefficient (Wildman–Crippen LogP) is 4.11. The smallest absolute Gasteiger partial charge is 0.387 e. The number of alkyl halides is 2. The summed E-state index contributed by atoms with van der Waals surface area (Å²) in [7, 11) is 0. The Balaban J connectivity index is 1.67. The molecule has 3 rings (SSSR count). The summed E-state index contributed by atoms with van der Waals surface area (Å²) in [4.78, 5) is 25.1. The van der Waals surface area contributed by atoms with Crippen LogP contribution in [0.4, 0.5) is 14.5 Å². The number of rotatable bonds is 7. The maximum Gasteiger partial charge on any atom is 0.387 e. The lowest BCUT2D eigenvalue weighted by molar-refractivity contribution is -0.132. The molecule has 2 aliphatic rings. The molecule has 1 aromatic carbocycles. The van der Waals surface area contributed by atoms with Crippen LogP contribution in [-0.4, -0.2) is 24.5 Å². The van der Waals surface area contributed by atoms with Gasteiger partial charge in [0.2, 0.25) is 11.8 Å². The summed E-state index contributed by atoms with van der Waals surface area (Å²) in [5.41, 5.74) is -0.348. The average molecular weight is 387 g/mol. The van der Waals surface area contributed by atoms with Crippen molar-refractivity contribution in [3.63, 3.8) is 0 Å². The molecule has 2 N–H and O–H groups in total. The average Bonchev–Trinajstić information content (AvgIpc) is 3.24. The number of nitrogens with one attached hydrogen (secondary N) is 2. The molecule has 26 heavy (non-hydrogen) atoms. The zero-order valence-corrected chi connectivity index (χ0v) is 15.0. The highest BCUT2D eigenvalue weighted by atomic mass is 35.5. The monoisotopic (exact) mass is 386 g/mol. The fourth-order valence-electron chi connectivity index (χ4n) is 3.38. The van der Waals surface area contributed by atoms with Gasteiger partial charge >= 0.3 is 6.61 Å². The van der Waals surface area contributed by atoms with Gasteiger partial charge in [0.15, 0.2) is 0 Å². The van der Waals surface area contributed by atoms with Crippen LogP contribution < -0.4 is 15.4 Å². The van der Waals surface area contributed by atoms with Crippen molar-refractivity contribution in [3.05, 3.63) is 23.2 Å². The van der Waals surface area contributed by atoms with Crippen LogP contribution in [0.5, 0.6) is 5.75 Å². The van der Waals surface area contributed by atoms with E-state index in [1.54, 1.807) is 0 Å². The van der Waals surface area contributed by atoms with E-state index in [9.17, 15) is 18.4 Å². The van der Waals surface area contributed by atoms with Gasteiger partial charge in [0, 0.05) is 18.2 Å². The highest BCUT2D eigenvalue weighted by Gasteiger charge is 2.43. The zero-order valence-electron chi connectivity index (χ0n) is 14.2. The Hall–Kier alpha value is -1.89.